The topological polar surface area (TPSA) is 26.0 Å². The molecule has 2 aromatic rings. The Morgan fingerprint density at radius 3 is 2.50 bits per heavy atom. The highest BCUT2D eigenvalue weighted by Crippen LogP contribution is 2.20. The molecular weight excluding hydrogens is 222 g/mol. The van der Waals surface area contributed by atoms with Gasteiger partial charge in [0.1, 0.15) is 5.76 Å². The zero-order chi connectivity index (χ0) is 13.1. The summed E-state index contributed by atoms with van der Waals surface area (Å²) in [5.41, 5.74) is 2.63. The van der Waals surface area contributed by atoms with Gasteiger partial charge in [0.05, 0.1) is 6.20 Å². The summed E-state index contributed by atoms with van der Waals surface area (Å²) in [5, 5.41) is 0. The highest BCUT2D eigenvalue weighted by molar-refractivity contribution is 5.27. The van der Waals surface area contributed by atoms with Gasteiger partial charge >= 0.3 is 0 Å². The first-order chi connectivity index (χ1) is 8.56. The maximum absolute atomic E-state index is 5.74. The molecule has 0 fully saturated rings. The van der Waals surface area contributed by atoms with E-state index in [1.54, 1.807) is 0 Å². The predicted octanol–water partition coefficient (Wildman–Crippen LogP) is 4.51. The first-order valence-corrected chi connectivity index (χ1v) is 6.59. The number of rotatable bonds is 4. The van der Waals surface area contributed by atoms with Crippen molar-refractivity contribution in [3.8, 4) is 0 Å². The van der Waals surface area contributed by atoms with Crippen molar-refractivity contribution in [2.24, 2.45) is 0 Å². The second-order valence-electron chi connectivity index (χ2n) is 5.39. The van der Waals surface area contributed by atoms with Gasteiger partial charge < -0.3 is 4.42 Å². The maximum atomic E-state index is 5.74. The Morgan fingerprint density at radius 1 is 1.11 bits per heavy atom. The van der Waals surface area contributed by atoms with Gasteiger partial charge in [-0.25, -0.2) is 4.98 Å². The number of hydrogen-bond donors (Lipinski definition) is 0. The lowest BCUT2D eigenvalue weighted by Crippen LogP contribution is -1.92. The highest BCUT2D eigenvalue weighted by atomic mass is 16.4. The van der Waals surface area contributed by atoms with Crippen LogP contribution in [0.15, 0.2) is 34.9 Å². The molecule has 96 valence electrons. The normalized spacial score (nSPS) is 11.4. The van der Waals surface area contributed by atoms with Crippen LogP contribution in [-0.4, -0.2) is 4.98 Å². The van der Waals surface area contributed by atoms with Crippen LogP contribution in [0.4, 0.5) is 0 Å². The van der Waals surface area contributed by atoms with E-state index in [1.807, 2.05) is 6.20 Å². The molecule has 1 heterocycles. The van der Waals surface area contributed by atoms with Crippen molar-refractivity contribution in [1.82, 2.24) is 4.98 Å². The average molecular weight is 243 g/mol. The average Bonchev–Trinajstić information content (AvgIpc) is 2.78. The maximum Gasteiger partial charge on any atom is 0.198 e. The molecule has 2 rings (SSSR count). The Bertz CT molecular complexity index is 511. The van der Waals surface area contributed by atoms with Gasteiger partial charge in [0.25, 0.3) is 0 Å². The Hall–Kier alpha value is -1.57. The minimum atomic E-state index is 0.397. The van der Waals surface area contributed by atoms with E-state index >= 15 is 0 Å². The van der Waals surface area contributed by atoms with E-state index in [-0.39, 0.29) is 0 Å². The fourth-order valence-electron chi connectivity index (χ4n) is 1.91. The molecule has 0 aliphatic rings. The Kier molecular flexibility index (Phi) is 3.85. The van der Waals surface area contributed by atoms with Crippen LogP contribution < -0.4 is 0 Å². The van der Waals surface area contributed by atoms with Crippen LogP contribution in [0.2, 0.25) is 0 Å². The van der Waals surface area contributed by atoms with E-state index < -0.39 is 0 Å². The van der Waals surface area contributed by atoms with E-state index in [0.717, 1.165) is 18.1 Å². The SMILES string of the molecule is CC(C)c1cccc(Cc2ncc(C(C)C)o2)c1. The largest absolute Gasteiger partial charge is 0.445 e. The fraction of sp³-hybridized carbons (Fsp3) is 0.438. The van der Waals surface area contributed by atoms with Gasteiger partial charge in [-0.2, -0.15) is 0 Å². The monoisotopic (exact) mass is 243 g/mol. The predicted molar refractivity (Wildman–Crippen MR) is 73.9 cm³/mol. The molecule has 0 atom stereocenters. The molecule has 0 aliphatic carbocycles. The van der Waals surface area contributed by atoms with Crippen LogP contribution in [0.25, 0.3) is 0 Å². The Labute approximate surface area is 109 Å². The van der Waals surface area contributed by atoms with Crippen molar-refractivity contribution in [1.29, 1.82) is 0 Å². The summed E-state index contributed by atoms with van der Waals surface area (Å²) in [6.45, 7) is 8.65. The van der Waals surface area contributed by atoms with Crippen molar-refractivity contribution in [2.45, 2.75) is 46.0 Å². The minimum Gasteiger partial charge on any atom is -0.445 e. The van der Waals surface area contributed by atoms with E-state index in [9.17, 15) is 0 Å². The summed E-state index contributed by atoms with van der Waals surface area (Å²) in [6, 6.07) is 8.65. The third kappa shape index (κ3) is 3.00. The molecular formula is C16H21NO. The molecule has 0 saturated heterocycles. The Morgan fingerprint density at radius 2 is 1.89 bits per heavy atom. The molecule has 0 saturated carbocycles. The molecule has 0 bridgehead atoms. The van der Waals surface area contributed by atoms with Crippen LogP contribution in [0, 0.1) is 0 Å². The van der Waals surface area contributed by atoms with Gasteiger partial charge in [-0.1, -0.05) is 52.0 Å². The third-order valence-corrected chi connectivity index (χ3v) is 3.11. The molecule has 1 aromatic heterocycles. The van der Waals surface area contributed by atoms with Crippen LogP contribution >= 0.6 is 0 Å². The van der Waals surface area contributed by atoms with Gasteiger partial charge in [0.2, 0.25) is 0 Å². The summed E-state index contributed by atoms with van der Waals surface area (Å²) < 4.78 is 5.74. The summed E-state index contributed by atoms with van der Waals surface area (Å²) in [4.78, 5) is 4.34. The number of oxazole rings is 1. The molecule has 0 radical (unpaired) electrons. The van der Waals surface area contributed by atoms with Gasteiger partial charge in [0.15, 0.2) is 5.89 Å². The standard InChI is InChI=1S/C16H21NO/c1-11(2)14-7-5-6-13(8-14)9-16-17-10-15(18-16)12(3)4/h5-8,10-12H,9H2,1-4H3. The van der Waals surface area contributed by atoms with E-state index in [0.29, 0.717) is 11.8 Å². The van der Waals surface area contributed by atoms with Crippen LogP contribution in [0.5, 0.6) is 0 Å². The van der Waals surface area contributed by atoms with Crippen LogP contribution in [0.3, 0.4) is 0 Å². The molecule has 2 nitrogen and oxygen atoms in total. The number of benzene rings is 1. The van der Waals surface area contributed by atoms with Crippen molar-refractivity contribution in [3.05, 3.63) is 53.2 Å². The lowest BCUT2D eigenvalue weighted by Gasteiger charge is -2.06. The summed E-state index contributed by atoms with van der Waals surface area (Å²) in [5.74, 6) is 2.72. The number of aromatic nitrogens is 1. The van der Waals surface area contributed by atoms with Gasteiger partial charge in [-0.15, -0.1) is 0 Å². The van der Waals surface area contributed by atoms with Crippen molar-refractivity contribution in [3.63, 3.8) is 0 Å². The van der Waals surface area contributed by atoms with Gasteiger partial charge in [-0.3, -0.25) is 0 Å². The van der Waals surface area contributed by atoms with Crippen molar-refractivity contribution < 1.29 is 4.42 Å². The van der Waals surface area contributed by atoms with Crippen LogP contribution in [0.1, 0.15) is 62.3 Å². The molecule has 0 aliphatic heterocycles. The quantitative estimate of drug-likeness (QED) is 0.789. The first kappa shape index (κ1) is 12.9. The fourth-order valence-corrected chi connectivity index (χ4v) is 1.91. The summed E-state index contributed by atoms with van der Waals surface area (Å²) in [6.07, 6.45) is 2.61. The molecule has 0 N–H and O–H groups in total. The zero-order valence-corrected chi connectivity index (χ0v) is 11.6. The highest BCUT2D eigenvalue weighted by Gasteiger charge is 2.08. The van der Waals surface area contributed by atoms with Crippen molar-refractivity contribution in [2.75, 3.05) is 0 Å². The van der Waals surface area contributed by atoms with E-state index in [4.69, 9.17) is 4.42 Å². The zero-order valence-electron chi connectivity index (χ0n) is 11.6. The molecule has 0 unspecified atom stereocenters. The van der Waals surface area contributed by atoms with Gasteiger partial charge in [-0.05, 0) is 17.0 Å². The van der Waals surface area contributed by atoms with E-state index in [1.165, 1.54) is 11.1 Å². The second kappa shape index (κ2) is 5.38. The molecule has 0 spiro atoms. The minimum absolute atomic E-state index is 0.397. The number of hydrogen-bond acceptors (Lipinski definition) is 2. The molecule has 2 heteroatoms. The van der Waals surface area contributed by atoms with Gasteiger partial charge in [0, 0.05) is 12.3 Å². The molecule has 0 amide bonds. The third-order valence-electron chi connectivity index (χ3n) is 3.11. The molecule has 1 aromatic carbocycles. The lowest BCUT2D eigenvalue weighted by atomic mass is 10.00. The lowest BCUT2D eigenvalue weighted by molar-refractivity contribution is 0.447. The molecule has 18 heavy (non-hydrogen) atoms. The van der Waals surface area contributed by atoms with E-state index in [2.05, 4.69) is 56.9 Å². The summed E-state index contributed by atoms with van der Waals surface area (Å²) >= 11 is 0. The van der Waals surface area contributed by atoms with Crippen LogP contribution in [-0.2, 0) is 6.42 Å². The Balaban J connectivity index is 2.15. The van der Waals surface area contributed by atoms with Crippen molar-refractivity contribution >= 4 is 0 Å². The number of nitrogens with zero attached hydrogens (tertiary/aromatic N) is 1. The first-order valence-electron chi connectivity index (χ1n) is 6.59. The summed E-state index contributed by atoms with van der Waals surface area (Å²) in [7, 11) is 0. The smallest absolute Gasteiger partial charge is 0.198 e. The second-order valence-corrected chi connectivity index (χ2v) is 5.39.